The minimum atomic E-state index is -1.12. The van der Waals surface area contributed by atoms with Crippen LogP contribution in [0.1, 0.15) is 84.5 Å². The molecule has 12 heteroatoms. The highest BCUT2D eigenvalue weighted by Gasteiger charge is 2.48. The lowest BCUT2D eigenvalue weighted by Gasteiger charge is -2.36. The molecule has 0 aromatic heterocycles. The van der Waals surface area contributed by atoms with Gasteiger partial charge >= 0.3 is 6.03 Å². The monoisotopic (exact) mass is 680 g/mol. The summed E-state index contributed by atoms with van der Waals surface area (Å²) in [6.45, 7) is 17.2. The molecule has 1 aliphatic heterocycles. The summed E-state index contributed by atoms with van der Waals surface area (Å²) in [6, 6.07) is 2.46. The van der Waals surface area contributed by atoms with E-state index in [9.17, 15) is 28.8 Å². The zero-order chi connectivity index (χ0) is 37.0. The van der Waals surface area contributed by atoms with E-state index in [1.54, 1.807) is 18.2 Å². The predicted molar refractivity (Wildman–Crippen MR) is 190 cm³/mol. The molecule has 0 spiro atoms. The van der Waals surface area contributed by atoms with Crippen molar-refractivity contribution in [3.8, 4) is 0 Å². The van der Waals surface area contributed by atoms with Crippen molar-refractivity contribution in [3.63, 3.8) is 0 Å². The van der Waals surface area contributed by atoms with Gasteiger partial charge in [-0.15, -0.1) is 6.58 Å². The number of rotatable bonds is 15. The standard InChI is InChI=1S/C37H56N6O6/c1-11-37(7,8)23-19-27(33(47)39-25(18-22-16-17-22)30(45)32(38)46)43(20-23)34(48)31(36(4,5)6)41-35(49)40-28(21(2)3)29(44)24-14-12-13-15-26(24)42(9)10/h11-15,21-23,25,27-28,31H,1,16-20H2,2-10H3,(H2,38,46)(H,39,47)(H2,40,41,49)/t23-,25?,27+,28+,31-/m1/s1. The zero-order valence-electron chi connectivity index (χ0n) is 30.6. The van der Waals surface area contributed by atoms with Crippen LogP contribution < -0.4 is 26.6 Å². The fraction of sp³-hybridized carbons (Fsp3) is 0.622. The number of urea groups is 1. The summed E-state index contributed by atoms with van der Waals surface area (Å²) < 4.78 is 0. The van der Waals surface area contributed by atoms with Crippen LogP contribution in [0.3, 0.4) is 0 Å². The van der Waals surface area contributed by atoms with E-state index in [0.717, 1.165) is 18.5 Å². The Morgan fingerprint density at radius 2 is 1.61 bits per heavy atom. The highest BCUT2D eigenvalue weighted by molar-refractivity contribution is 6.37. The minimum Gasteiger partial charge on any atom is -0.377 e. The molecule has 1 heterocycles. The molecule has 49 heavy (non-hydrogen) atoms. The van der Waals surface area contributed by atoms with Crippen molar-refractivity contribution >= 4 is 41.0 Å². The second-order valence-corrected chi connectivity index (χ2v) is 15.8. The number of carbonyl (C=O) groups is 6. The number of allylic oxidation sites excluding steroid dienone is 1. The molecule has 1 aromatic rings. The average molecular weight is 681 g/mol. The van der Waals surface area contributed by atoms with Crippen LogP contribution in [-0.2, 0) is 19.2 Å². The number of hydrogen-bond donors (Lipinski definition) is 4. The Morgan fingerprint density at radius 3 is 2.12 bits per heavy atom. The normalized spacial score (nSPS) is 19.8. The van der Waals surface area contributed by atoms with Gasteiger partial charge in [-0.1, -0.05) is 79.5 Å². The van der Waals surface area contributed by atoms with Crippen LogP contribution >= 0.6 is 0 Å². The molecule has 270 valence electrons. The van der Waals surface area contributed by atoms with Crippen molar-refractivity contribution in [2.24, 2.45) is 34.3 Å². The number of primary amides is 1. The van der Waals surface area contributed by atoms with Crippen molar-refractivity contribution < 1.29 is 28.8 Å². The van der Waals surface area contributed by atoms with Gasteiger partial charge in [-0.25, -0.2) is 4.79 Å². The maximum absolute atomic E-state index is 14.5. The number of para-hydroxylation sites is 1. The fourth-order valence-electron chi connectivity index (χ4n) is 6.29. The van der Waals surface area contributed by atoms with E-state index in [-0.39, 0.29) is 36.5 Å². The number of benzene rings is 1. The molecule has 1 saturated carbocycles. The number of nitrogens with one attached hydrogen (secondary N) is 3. The predicted octanol–water partition coefficient (Wildman–Crippen LogP) is 3.44. The van der Waals surface area contributed by atoms with E-state index in [1.165, 1.54) is 4.90 Å². The number of nitrogens with zero attached hydrogens (tertiary/aromatic N) is 2. The molecule has 1 unspecified atom stereocenters. The number of ketones is 2. The van der Waals surface area contributed by atoms with E-state index in [1.807, 2.05) is 79.6 Å². The highest BCUT2D eigenvalue weighted by Crippen LogP contribution is 2.40. The molecule has 5 amide bonds. The lowest BCUT2D eigenvalue weighted by Crippen LogP contribution is -2.61. The van der Waals surface area contributed by atoms with Crippen LogP contribution in [0.5, 0.6) is 0 Å². The summed E-state index contributed by atoms with van der Waals surface area (Å²) in [5.74, 6) is -3.49. The second kappa shape index (κ2) is 15.6. The maximum atomic E-state index is 14.5. The summed E-state index contributed by atoms with van der Waals surface area (Å²) in [5, 5.41) is 8.38. The van der Waals surface area contributed by atoms with Crippen molar-refractivity contribution in [1.82, 2.24) is 20.9 Å². The van der Waals surface area contributed by atoms with E-state index < -0.39 is 64.5 Å². The topological polar surface area (TPSA) is 171 Å². The third-order valence-corrected chi connectivity index (χ3v) is 9.88. The first-order valence-electron chi connectivity index (χ1n) is 17.1. The van der Waals surface area contributed by atoms with Crippen LogP contribution in [-0.4, -0.2) is 85.0 Å². The number of Topliss-reactive ketones (excluding diaryl/α,β-unsaturated/α-hetero) is 2. The summed E-state index contributed by atoms with van der Waals surface area (Å²) >= 11 is 0. The average Bonchev–Trinajstić information content (AvgIpc) is 3.72. The Balaban J connectivity index is 1.89. The van der Waals surface area contributed by atoms with Gasteiger partial charge in [-0.3, -0.25) is 24.0 Å². The van der Waals surface area contributed by atoms with Crippen LogP contribution in [0.25, 0.3) is 0 Å². The minimum absolute atomic E-state index is 0.160. The number of hydrogen-bond acceptors (Lipinski definition) is 7. The first-order valence-corrected chi connectivity index (χ1v) is 17.1. The lowest BCUT2D eigenvalue weighted by atomic mass is 9.77. The summed E-state index contributed by atoms with van der Waals surface area (Å²) in [4.78, 5) is 83.5. The molecule has 0 bridgehead atoms. The molecule has 5 atom stereocenters. The molecule has 3 rings (SSSR count). The molecule has 12 nitrogen and oxygen atoms in total. The van der Waals surface area contributed by atoms with Crippen molar-refractivity contribution in [3.05, 3.63) is 42.5 Å². The maximum Gasteiger partial charge on any atom is 0.316 e. The van der Waals surface area contributed by atoms with Crippen molar-refractivity contribution in [2.45, 2.75) is 98.3 Å². The first kappa shape index (κ1) is 39.2. The van der Waals surface area contributed by atoms with Gasteiger partial charge < -0.3 is 31.5 Å². The van der Waals surface area contributed by atoms with Crippen molar-refractivity contribution in [1.29, 1.82) is 0 Å². The number of anilines is 1. The SMILES string of the molecule is C=CC(C)(C)[C@@H]1C[C@@H](C(=O)NC(CC2CC2)C(=O)C(N)=O)N(C(=O)[C@@H](NC(=O)N[C@H](C(=O)c2ccccc2N(C)C)C(C)C)C(C)(C)C)C1. The third-order valence-electron chi connectivity index (χ3n) is 9.88. The van der Waals surface area contributed by atoms with Gasteiger partial charge in [0.05, 0.1) is 12.1 Å². The molecular weight excluding hydrogens is 624 g/mol. The molecule has 0 radical (unpaired) electrons. The Kier molecular flexibility index (Phi) is 12.4. The summed E-state index contributed by atoms with van der Waals surface area (Å²) in [5.41, 5.74) is 5.25. The van der Waals surface area contributed by atoms with Gasteiger partial charge in [0, 0.05) is 31.9 Å². The van der Waals surface area contributed by atoms with Gasteiger partial charge in [-0.2, -0.15) is 0 Å². The molecule has 1 aliphatic carbocycles. The second-order valence-electron chi connectivity index (χ2n) is 15.8. The Morgan fingerprint density at radius 1 is 1.00 bits per heavy atom. The van der Waals surface area contributed by atoms with E-state index in [4.69, 9.17) is 5.73 Å². The quantitative estimate of drug-likeness (QED) is 0.125. The fourth-order valence-corrected chi connectivity index (χ4v) is 6.29. The Bertz CT molecular complexity index is 1440. The lowest BCUT2D eigenvalue weighted by molar-refractivity contribution is -0.143. The van der Waals surface area contributed by atoms with Crippen LogP contribution in [0.4, 0.5) is 10.5 Å². The number of amides is 5. The van der Waals surface area contributed by atoms with Crippen LogP contribution in [0.15, 0.2) is 36.9 Å². The number of likely N-dealkylation sites (tertiary alicyclic amines) is 1. The largest absolute Gasteiger partial charge is 0.377 e. The molecule has 2 fully saturated rings. The number of carbonyl (C=O) groups excluding carboxylic acids is 6. The van der Waals surface area contributed by atoms with E-state index in [0.29, 0.717) is 12.0 Å². The summed E-state index contributed by atoms with van der Waals surface area (Å²) in [7, 11) is 3.68. The number of nitrogens with two attached hydrogens (primary N) is 1. The molecule has 1 saturated heterocycles. The molecule has 5 N–H and O–H groups in total. The van der Waals surface area contributed by atoms with Crippen molar-refractivity contribution in [2.75, 3.05) is 25.5 Å². The molecule has 1 aromatic carbocycles. The van der Waals surface area contributed by atoms with Crippen LogP contribution in [0, 0.1) is 28.6 Å². The smallest absolute Gasteiger partial charge is 0.316 e. The summed E-state index contributed by atoms with van der Waals surface area (Å²) in [6.07, 6.45) is 4.17. The van der Waals surface area contributed by atoms with Crippen LogP contribution in [0.2, 0.25) is 0 Å². The zero-order valence-corrected chi connectivity index (χ0v) is 30.6. The van der Waals surface area contributed by atoms with Gasteiger partial charge in [0.15, 0.2) is 5.78 Å². The third kappa shape index (κ3) is 9.70. The van der Waals surface area contributed by atoms with Gasteiger partial charge in [0.2, 0.25) is 17.6 Å². The van der Waals surface area contributed by atoms with Gasteiger partial charge in [-0.05, 0) is 53.6 Å². The highest BCUT2D eigenvalue weighted by atomic mass is 16.2. The first-order chi connectivity index (χ1) is 22.7. The molecular formula is C37H56N6O6. The Hall–Kier alpha value is -4.22. The Labute approximate surface area is 291 Å². The van der Waals surface area contributed by atoms with Gasteiger partial charge in [0.25, 0.3) is 5.91 Å². The van der Waals surface area contributed by atoms with E-state index >= 15 is 0 Å². The van der Waals surface area contributed by atoms with Gasteiger partial charge in [0.1, 0.15) is 12.1 Å². The molecule has 2 aliphatic rings. The van der Waals surface area contributed by atoms with E-state index in [2.05, 4.69) is 22.5 Å².